The highest BCUT2D eigenvalue weighted by atomic mass is 35.5. The summed E-state index contributed by atoms with van der Waals surface area (Å²) >= 11 is 12.1. The first kappa shape index (κ1) is 16.1. The number of amides is 1. The summed E-state index contributed by atoms with van der Waals surface area (Å²) in [6.45, 7) is 6.17. The fourth-order valence-corrected chi connectivity index (χ4v) is 2.01. The smallest absolute Gasteiger partial charge is 0.258 e. The van der Waals surface area contributed by atoms with Gasteiger partial charge in [-0.25, -0.2) is 0 Å². The van der Waals surface area contributed by atoms with Gasteiger partial charge in [-0.05, 0) is 19.1 Å². The molecule has 0 aliphatic heterocycles. The van der Waals surface area contributed by atoms with Crippen molar-refractivity contribution in [3.05, 3.63) is 27.7 Å². The van der Waals surface area contributed by atoms with Crippen LogP contribution in [0.4, 0.5) is 0 Å². The second kappa shape index (κ2) is 6.98. The van der Waals surface area contributed by atoms with Crippen molar-refractivity contribution >= 4 is 29.1 Å². The van der Waals surface area contributed by atoms with Crippen molar-refractivity contribution in [2.24, 2.45) is 5.73 Å². The van der Waals surface area contributed by atoms with E-state index in [0.29, 0.717) is 28.4 Å². The second-order valence-corrected chi connectivity index (χ2v) is 5.42. The predicted molar refractivity (Wildman–Crippen MR) is 77.7 cm³/mol. The Balaban J connectivity index is 3.02. The minimum absolute atomic E-state index is 0.305. The number of carbonyl (C=O) groups is 1. The molecule has 3 N–H and O–H groups in total. The van der Waals surface area contributed by atoms with Gasteiger partial charge in [-0.1, -0.05) is 37.0 Å². The predicted octanol–water partition coefficient (Wildman–Crippen LogP) is 2.74. The molecule has 1 aromatic rings. The molecule has 106 valence electrons. The van der Waals surface area contributed by atoms with Crippen LogP contribution in [0, 0.1) is 0 Å². The van der Waals surface area contributed by atoms with Crippen LogP contribution in [0.5, 0.6) is 5.75 Å². The van der Waals surface area contributed by atoms with E-state index in [-0.39, 0.29) is 0 Å². The lowest BCUT2D eigenvalue weighted by Crippen LogP contribution is -2.31. The highest BCUT2D eigenvalue weighted by Gasteiger charge is 2.17. The van der Waals surface area contributed by atoms with Gasteiger partial charge in [0.15, 0.2) is 6.10 Å². The van der Waals surface area contributed by atoms with E-state index in [4.69, 9.17) is 33.7 Å². The van der Waals surface area contributed by atoms with Crippen LogP contribution < -0.4 is 15.8 Å². The Morgan fingerprint density at radius 2 is 2.00 bits per heavy atom. The maximum atomic E-state index is 11.1. The Morgan fingerprint density at radius 3 is 2.53 bits per heavy atom. The van der Waals surface area contributed by atoms with Crippen molar-refractivity contribution in [2.75, 3.05) is 0 Å². The van der Waals surface area contributed by atoms with E-state index < -0.39 is 12.0 Å². The van der Waals surface area contributed by atoms with Crippen molar-refractivity contribution in [1.82, 2.24) is 5.32 Å². The normalized spacial score (nSPS) is 12.5. The molecule has 0 aromatic heterocycles. The third kappa shape index (κ3) is 4.90. The quantitative estimate of drug-likeness (QED) is 0.849. The lowest BCUT2D eigenvalue weighted by Gasteiger charge is -2.18. The first-order chi connectivity index (χ1) is 8.81. The van der Waals surface area contributed by atoms with Crippen LogP contribution in [0.25, 0.3) is 0 Å². The lowest BCUT2D eigenvalue weighted by atomic mass is 10.2. The van der Waals surface area contributed by atoms with Gasteiger partial charge in [-0.3, -0.25) is 4.79 Å². The third-order valence-corrected chi connectivity index (χ3v) is 2.98. The summed E-state index contributed by atoms with van der Waals surface area (Å²) < 4.78 is 5.52. The molecule has 0 saturated heterocycles. The van der Waals surface area contributed by atoms with E-state index in [9.17, 15) is 4.79 Å². The zero-order chi connectivity index (χ0) is 14.6. The molecule has 0 spiro atoms. The van der Waals surface area contributed by atoms with Crippen molar-refractivity contribution in [3.8, 4) is 5.75 Å². The minimum atomic E-state index is -0.753. The van der Waals surface area contributed by atoms with Gasteiger partial charge in [0.2, 0.25) is 0 Å². The van der Waals surface area contributed by atoms with Gasteiger partial charge in [0, 0.05) is 23.2 Å². The molecule has 0 fully saturated rings. The first-order valence-electron chi connectivity index (χ1n) is 5.98. The average molecular weight is 305 g/mol. The lowest BCUT2D eigenvalue weighted by molar-refractivity contribution is -0.123. The Labute approximate surface area is 123 Å². The number of ether oxygens (including phenoxy) is 1. The summed E-state index contributed by atoms with van der Waals surface area (Å²) in [7, 11) is 0. The second-order valence-electron chi connectivity index (χ2n) is 4.57. The number of halogens is 2. The third-order valence-electron chi connectivity index (χ3n) is 2.48. The van der Waals surface area contributed by atoms with Gasteiger partial charge in [0.25, 0.3) is 5.91 Å². The van der Waals surface area contributed by atoms with E-state index in [2.05, 4.69) is 5.32 Å². The van der Waals surface area contributed by atoms with Crippen molar-refractivity contribution < 1.29 is 9.53 Å². The molecule has 1 unspecified atom stereocenters. The van der Waals surface area contributed by atoms with Crippen molar-refractivity contribution in [1.29, 1.82) is 0 Å². The summed E-state index contributed by atoms with van der Waals surface area (Å²) in [6.07, 6.45) is -0.753. The molecule has 0 aliphatic carbocycles. The van der Waals surface area contributed by atoms with Crippen molar-refractivity contribution in [2.45, 2.75) is 39.5 Å². The van der Waals surface area contributed by atoms with E-state index in [1.807, 2.05) is 13.8 Å². The molecule has 6 heteroatoms. The molecule has 1 rings (SSSR count). The van der Waals surface area contributed by atoms with Crippen LogP contribution in [-0.2, 0) is 11.3 Å². The van der Waals surface area contributed by atoms with Gasteiger partial charge in [0.1, 0.15) is 5.75 Å². The summed E-state index contributed by atoms with van der Waals surface area (Å²) in [5, 5.41) is 4.13. The standard InChI is InChI=1S/C13H18Cl2N2O2/c1-7(2)17-6-9-4-10(14)5-11(15)12(9)19-8(3)13(16)18/h4-5,7-8,17H,6H2,1-3H3,(H2,16,18). The highest BCUT2D eigenvalue weighted by molar-refractivity contribution is 6.35. The van der Waals surface area contributed by atoms with Gasteiger partial charge < -0.3 is 15.8 Å². The molecule has 0 radical (unpaired) electrons. The molecule has 19 heavy (non-hydrogen) atoms. The highest BCUT2D eigenvalue weighted by Crippen LogP contribution is 2.33. The topological polar surface area (TPSA) is 64.3 Å². The summed E-state index contributed by atoms with van der Waals surface area (Å²) in [4.78, 5) is 11.1. The molecule has 0 saturated carbocycles. The fourth-order valence-electron chi connectivity index (χ4n) is 1.43. The van der Waals surface area contributed by atoms with Crippen LogP contribution in [0.3, 0.4) is 0 Å². The average Bonchev–Trinajstić information content (AvgIpc) is 2.29. The molecule has 0 aliphatic rings. The van der Waals surface area contributed by atoms with E-state index in [0.717, 1.165) is 5.56 Å². The van der Waals surface area contributed by atoms with Crippen molar-refractivity contribution in [3.63, 3.8) is 0 Å². The molecular formula is C13H18Cl2N2O2. The molecular weight excluding hydrogens is 287 g/mol. The number of rotatable bonds is 6. The molecule has 4 nitrogen and oxygen atoms in total. The zero-order valence-corrected chi connectivity index (χ0v) is 12.7. The summed E-state index contributed by atoms with van der Waals surface area (Å²) in [5.41, 5.74) is 5.98. The van der Waals surface area contributed by atoms with Crippen LogP contribution in [0.1, 0.15) is 26.3 Å². The van der Waals surface area contributed by atoms with Crippen LogP contribution >= 0.6 is 23.2 Å². The molecule has 1 amide bonds. The van der Waals surface area contributed by atoms with E-state index in [1.165, 1.54) is 0 Å². The van der Waals surface area contributed by atoms with E-state index in [1.54, 1.807) is 19.1 Å². The Morgan fingerprint density at radius 1 is 1.37 bits per heavy atom. The van der Waals surface area contributed by atoms with Crippen LogP contribution in [-0.4, -0.2) is 18.1 Å². The summed E-state index contributed by atoms with van der Waals surface area (Å²) in [5.74, 6) is -0.112. The van der Waals surface area contributed by atoms with Crippen LogP contribution in [0.2, 0.25) is 10.0 Å². The van der Waals surface area contributed by atoms with E-state index >= 15 is 0 Å². The molecule has 0 heterocycles. The maximum absolute atomic E-state index is 11.1. The van der Waals surface area contributed by atoms with Gasteiger partial charge in [-0.15, -0.1) is 0 Å². The number of nitrogens with two attached hydrogens (primary N) is 1. The largest absolute Gasteiger partial charge is 0.479 e. The molecule has 1 atom stereocenters. The monoisotopic (exact) mass is 304 g/mol. The number of benzene rings is 1. The number of primary amides is 1. The first-order valence-corrected chi connectivity index (χ1v) is 6.74. The zero-order valence-electron chi connectivity index (χ0n) is 11.2. The molecule has 1 aromatic carbocycles. The van der Waals surface area contributed by atoms with Gasteiger partial charge in [-0.2, -0.15) is 0 Å². The SMILES string of the molecule is CC(C)NCc1cc(Cl)cc(Cl)c1OC(C)C(N)=O. The van der Waals surface area contributed by atoms with Crippen LogP contribution in [0.15, 0.2) is 12.1 Å². The number of hydrogen-bond donors (Lipinski definition) is 2. The maximum Gasteiger partial charge on any atom is 0.258 e. The minimum Gasteiger partial charge on any atom is -0.479 e. The Bertz CT molecular complexity index is 464. The Hall–Kier alpha value is -0.970. The number of carbonyl (C=O) groups excluding carboxylic acids is 1. The Kier molecular flexibility index (Phi) is 5.91. The molecule has 0 bridgehead atoms. The van der Waals surface area contributed by atoms with Gasteiger partial charge in [0.05, 0.1) is 5.02 Å². The number of hydrogen-bond acceptors (Lipinski definition) is 3. The van der Waals surface area contributed by atoms with Gasteiger partial charge >= 0.3 is 0 Å². The summed E-state index contributed by atoms with van der Waals surface area (Å²) in [6, 6.07) is 3.64. The fraction of sp³-hybridized carbons (Fsp3) is 0.462. The number of nitrogens with one attached hydrogen (secondary N) is 1.